The van der Waals surface area contributed by atoms with Crippen LogP contribution in [0.25, 0.3) is 11.2 Å². The van der Waals surface area contributed by atoms with E-state index in [9.17, 15) is 14.0 Å². The Hall–Kier alpha value is -4.01. The molecule has 0 aliphatic rings. The zero-order valence-corrected chi connectivity index (χ0v) is 17.3. The first-order valence-corrected chi connectivity index (χ1v) is 9.64. The van der Waals surface area contributed by atoms with Gasteiger partial charge >= 0.3 is 5.69 Å². The van der Waals surface area contributed by atoms with E-state index in [2.05, 4.69) is 20.5 Å². The van der Waals surface area contributed by atoms with Gasteiger partial charge in [0, 0.05) is 7.05 Å². The molecule has 0 spiro atoms. The number of hydrogen-bond donors (Lipinski definition) is 2. The third-order valence-electron chi connectivity index (χ3n) is 5.09. The average Bonchev–Trinajstić information content (AvgIpc) is 3.09. The van der Waals surface area contributed by atoms with Gasteiger partial charge in [-0.05, 0) is 42.7 Å². The van der Waals surface area contributed by atoms with Gasteiger partial charge in [0.1, 0.15) is 5.82 Å². The van der Waals surface area contributed by atoms with Gasteiger partial charge < -0.3 is 0 Å². The summed E-state index contributed by atoms with van der Waals surface area (Å²) in [6.45, 7) is 4.35. The van der Waals surface area contributed by atoms with Crippen LogP contribution in [0.3, 0.4) is 0 Å². The largest absolute Gasteiger partial charge is 0.329 e. The number of halogens is 1. The van der Waals surface area contributed by atoms with Crippen molar-refractivity contribution in [2.45, 2.75) is 20.4 Å². The molecule has 0 amide bonds. The fraction of sp³-hybridized carbons (Fsp3) is 0.182. The summed E-state index contributed by atoms with van der Waals surface area (Å²) in [7, 11) is 1.54. The smallest absolute Gasteiger partial charge is 0.298 e. The zero-order chi connectivity index (χ0) is 22.1. The standard InChI is InChI=1S/C22H21FN6O2/c1-13-4-5-14(2)16(10-13)12-29-18-19(28(3)22(31)26-20(18)30)25-21(29)27-24-11-15-6-8-17(23)9-7-15/h4-11H,12H2,1-3H3,(H,25,27)(H,26,30,31)/b24-11+. The van der Waals surface area contributed by atoms with Crippen LogP contribution in [0.5, 0.6) is 0 Å². The van der Waals surface area contributed by atoms with Crippen LogP contribution < -0.4 is 16.7 Å². The lowest BCUT2D eigenvalue weighted by Crippen LogP contribution is -2.29. The van der Waals surface area contributed by atoms with E-state index < -0.39 is 11.2 Å². The summed E-state index contributed by atoms with van der Waals surface area (Å²) >= 11 is 0. The summed E-state index contributed by atoms with van der Waals surface area (Å²) in [4.78, 5) is 31.4. The Kier molecular flexibility index (Phi) is 5.24. The maximum absolute atomic E-state index is 13.1. The molecule has 0 bridgehead atoms. The topological polar surface area (TPSA) is 97.1 Å². The van der Waals surface area contributed by atoms with Crippen molar-refractivity contribution < 1.29 is 4.39 Å². The molecular weight excluding hydrogens is 399 g/mol. The molecule has 0 aliphatic heterocycles. The van der Waals surface area contributed by atoms with Crippen LogP contribution in [-0.2, 0) is 13.6 Å². The van der Waals surface area contributed by atoms with Gasteiger partial charge in [-0.15, -0.1) is 0 Å². The summed E-state index contributed by atoms with van der Waals surface area (Å²) in [5, 5.41) is 4.18. The van der Waals surface area contributed by atoms with Gasteiger partial charge in [-0.1, -0.05) is 35.9 Å². The molecule has 0 saturated heterocycles. The Morgan fingerprint density at radius 1 is 1.16 bits per heavy atom. The molecule has 4 aromatic rings. The third-order valence-corrected chi connectivity index (χ3v) is 5.09. The molecule has 0 aliphatic carbocycles. The lowest BCUT2D eigenvalue weighted by molar-refractivity contribution is 0.628. The summed E-state index contributed by atoms with van der Waals surface area (Å²) in [5.74, 6) is -0.0264. The first kappa shape index (κ1) is 20.3. The van der Waals surface area contributed by atoms with Crippen molar-refractivity contribution in [3.8, 4) is 0 Å². The third kappa shape index (κ3) is 4.02. The quantitative estimate of drug-likeness (QED) is 0.383. The number of aromatic amines is 1. The molecule has 4 rings (SSSR count). The number of fused-ring (bicyclic) bond motifs is 1. The van der Waals surface area contributed by atoms with Crippen LogP contribution in [0, 0.1) is 19.7 Å². The van der Waals surface area contributed by atoms with Crippen molar-refractivity contribution in [3.05, 3.63) is 91.4 Å². The maximum Gasteiger partial charge on any atom is 0.329 e. The van der Waals surface area contributed by atoms with E-state index in [-0.39, 0.29) is 17.0 Å². The molecule has 0 unspecified atom stereocenters. The van der Waals surface area contributed by atoms with E-state index in [0.29, 0.717) is 18.1 Å². The Balaban J connectivity index is 1.80. The molecule has 0 saturated carbocycles. The predicted octanol–water partition coefficient (Wildman–Crippen LogP) is 2.67. The highest BCUT2D eigenvalue weighted by molar-refractivity contribution is 5.80. The van der Waals surface area contributed by atoms with Gasteiger partial charge in [-0.3, -0.25) is 18.9 Å². The molecule has 158 valence electrons. The second-order valence-corrected chi connectivity index (χ2v) is 7.36. The van der Waals surface area contributed by atoms with E-state index in [1.165, 1.54) is 22.9 Å². The Labute approximate surface area is 176 Å². The molecule has 8 nitrogen and oxygen atoms in total. The predicted molar refractivity (Wildman–Crippen MR) is 118 cm³/mol. The summed E-state index contributed by atoms with van der Waals surface area (Å²) in [6.07, 6.45) is 1.52. The first-order chi connectivity index (χ1) is 14.8. The molecule has 0 radical (unpaired) electrons. The number of H-pyrrole nitrogens is 1. The van der Waals surface area contributed by atoms with Crippen molar-refractivity contribution in [1.82, 2.24) is 19.1 Å². The second kappa shape index (κ2) is 8.02. The number of rotatable bonds is 5. The lowest BCUT2D eigenvalue weighted by Gasteiger charge is -2.11. The number of hydrogen-bond acceptors (Lipinski definition) is 5. The van der Waals surface area contributed by atoms with Crippen LogP contribution >= 0.6 is 0 Å². The van der Waals surface area contributed by atoms with E-state index >= 15 is 0 Å². The minimum Gasteiger partial charge on any atom is -0.298 e. The number of hydrazone groups is 1. The monoisotopic (exact) mass is 420 g/mol. The number of aromatic nitrogens is 4. The molecule has 0 atom stereocenters. The van der Waals surface area contributed by atoms with E-state index in [1.807, 2.05) is 32.0 Å². The SMILES string of the molecule is Cc1ccc(C)c(Cn2c(N/N=C/c3ccc(F)cc3)nc3c2c(=O)[nH]c(=O)n3C)c1. The molecule has 31 heavy (non-hydrogen) atoms. The normalized spacial score (nSPS) is 11.5. The number of aryl methyl sites for hydroxylation is 3. The van der Waals surface area contributed by atoms with Crippen molar-refractivity contribution >= 4 is 23.3 Å². The Bertz CT molecular complexity index is 1410. The number of imidazole rings is 1. The first-order valence-electron chi connectivity index (χ1n) is 9.64. The van der Waals surface area contributed by atoms with Crippen molar-refractivity contribution in [2.75, 3.05) is 5.43 Å². The van der Waals surface area contributed by atoms with Crippen LogP contribution in [0.4, 0.5) is 10.3 Å². The van der Waals surface area contributed by atoms with Gasteiger partial charge in [-0.2, -0.15) is 10.1 Å². The minimum absolute atomic E-state index is 0.249. The summed E-state index contributed by atoms with van der Waals surface area (Å²) in [5.41, 5.74) is 6.16. The second-order valence-electron chi connectivity index (χ2n) is 7.36. The van der Waals surface area contributed by atoms with E-state index in [0.717, 1.165) is 16.7 Å². The van der Waals surface area contributed by atoms with Gasteiger partial charge in [-0.25, -0.2) is 14.6 Å². The Morgan fingerprint density at radius 2 is 1.90 bits per heavy atom. The molecular formula is C22H21FN6O2. The fourth-order valence-corrected chi connectivity index (χ4v) is 3.33. The van der Waals surface area contributed by atoms with E-state index in [4.69, 9.17) is 0 Å². The highest BCUT2D eigenvalue weighted by Crippen LogP contribution is 2.20. The summed E-state index contributed by atoms with van der Waals surface area (Å²) in [6, 6.07) is 11.9. The molecule has 2 aromatic heterocycles. The number of benzene rings is 2. The van der Waals surface area contributed by atoms with Crippen molar-refractivity contribution in [1.29, 1.82) is 0 Å². The number of anilines is 1. The average molecular weight is 420 g/mol. The zero-order valence-electron chi connectivity index (χ0n) is 17.3. The Morgan fingerprint density at radius 3 is 2.65 bits per heavy atom. The fourth-order valence-electron chi connectivity index (χ4n) is 3.33. The molecule has 0 fully saturated rings. The van der Waals surface area contributed by atoms with Gasteiger partial charge in [0.15, 0.2) is 11.2 Å². The van der Waals surface area contributed by atoms with Gasteiger partial charge in [0.25, 0.3) is 5.56 Å². The number of nitrogens with zero attached hydrogens (tertiary/aromatic N) is 4. The highest BCUT2D eigenvalue weighted by Gasteiger charge is 2.18. The van der Waals surface area contributed by atoms with Crippen LogP contribution in [-0.4, -0.2) is 25.3 Å². The molecule has 2 N–H and O–H groups in total. The molecule has 2 aromatic carbocycles. The maximum atomic E-state index is 13.1. The highest BCUT2D eigenvalue weighted by atomic mass is 19.1. The van der Waals surface area contributed by atoms with Gasteiger partial charge in [0.05, 0.1) is 12.8 Å². The lowest BCUT2D eigenvalue weighted by atomic mass is 10.1. The summed E-state index contributed by atoms with van der Waals surface area (Å²) < 4.78 is 16.1. The molecule has 9 heteroatoms. The van der Waals surface area contributed by atoms with Crippen LogP contribution in [0.15, 0.2) is 57.2 Å². The van der Waals surface area contributed by atoms with Crippen LogP contribution in [0.2, 0.25) is 0 Å². The van der Waals surface area contributed by atoms with Crippen molar-refractivity contribution in [2.24, 2.45) is 12.1 Å². The van der Waals surface area contributed by atoms with Crippen molar-refractivity contribution in [3.63, 3.8) is 0 Å². The molecule has 2 heterocycles. The van der Waals surface area contributed by atoms with Gasteiger partial charge in [0.2, 0.25) is 5.95 Å². The minimum atomic E-state index is -0.546. The number of nitrogens with one attached hydrogen (secondary N) is 2. The van der Waals surface area contributed by atoms with E-state index in [1.54, 1.807) is 23.7 Å². The van der Waals surface area contributed by atoms with Crippen LogP contribution in [0.1, 0.15) is 22.3 Å².